The van der Waals surface area contributed by atoms with Crippen LogP contribution in [0.3, 0.4) is 0 Å². The maximum atomic E-state index is 16.0. The van der Waals surface area contributed by atoms with Crippen LogP contribution in [0.2, 0.25) is 0 Å². The molecule has 4 saturated heterocycles. The Morgan fingerprint density at radius 2 is 1.74 bits per heavy atom. The maximum Gasteiger partial charge on any atom is 0.329 e. The number of carbonyl (C=O) groups is 3. The number of nitrogens with one attached hydrogen (secondary N) is 3. The Balaban J connectivity index is 0.813. The van der Waals surface area contributed by atoms with E-state index in [1.807, 2.05) is 54.3 Å². The van der Waals surface area contributed by atoms with Gasteiger partial charge in [-0.2, -0.15) is 15.1 Å². The van der Waals surface area contributed by atoms with Crippen LogP contribution in [0.25, 0.3) is 44.0 Å². The summed E-state index contributed by atoms with van der Waals surface area (Å²) in [5, 5.41) is 15.0. The molecule has 4 aromatic carbocycles. The first-order valence-corrected chi connectivity index (χ1v) is 25.8. The van der Waals surface area contributed by atoms with Crippen molar-refractivity contribution < 1.29 is 33.0 Å². The summed E-state index contributed by atoms with van der Waals surface area (Å²) in [5.74, 6) is 0.329. The lowest BCUT2D eigenvalue weighted by Crippen LogP contribution is -2.53. The molecule has 384 valence electrons. The summed E-state index contributed by atoms with van der Waals surface area (Å²) in [5.41, 5.74) is 7.65. The molecule has 5 aliphatic rings. The number of fused-ring (bicyclic) bond motifs is 5. The van der Waals surface area contributed by atoms with Crippen molar-refractivity contribution in [3.63, 3.8) is 0 Å². The predicted octanol–water partition coefficient (Wildman–Crippen LogP) is 6.02. The maximum absolute atomic E-state index is 16.0. The number of imide groups is 1. The molecule has 2 bridgehead atoms. The highest BCUT2D eigenvalue weighted by Crippen LogP contribution is 2.53. The third-order valence-electron chi connectivity index (χ3n) is 16.0. The summed E-state index contributed by atoms with van der Waals surface area (Å²) in [6.07, 6.45) is 4.98. The van der Waals surface area contributed by atoms with Gasteiger partial charge in [-0.15, -0.1) is 0 Å². The molecular formula is C55H60FN11O7. The highest BCUT2D eigenvalue weighted by atomic mass is 19.1. The average Bonchev–Trinajstić information content (AvgIpc) is 3.64. The molecule has 5 atom stereocenters. The summed E-state index contributed by atoms with van der Waals surface area (Å²) in [4.78, 5) is 68.9. The number of aryl methyl sites for hydroxylation is 1. The zero-order valence-corrected chi connectivity index (χ0v) is 42.2. The molecule has 2 unspecified atom stereocenters. The Labute approximate surface area is 426 Å². The lowest BCUT2D eigenvalue weighted by atomic mass is 9.88. The summed E-state index contributed by atoms with van der Waals surface area (Å²) in [7, 11) is 3.34. The second kappa shape index (κ2) is 18.9. The van der Waals surface area contributed by atoms with E-state index in [4.69, 9.17) is 24.2 Å². The van der Waals surface area contributed by atoms with Crippen LogP contribution < -0.4 is 30.7 Å². The van der Waals surface area contributed by atoms with Crippen molar-refractivity contribution >= 4 is 56.4 Å². The third-order valence-corrected chi connectivity index (χ3v) is 16.0. The number of amides is 3. The molecule has 74 heavy (non-hydrogen) atoms. The third kappa shape index (κ3) is 8.53. The van der Waals surface area contributed by atoms with Crippen molar-refractivity contribution in [1.29, 1.82) is 0 Å². The fourth-order valence-corrected chi connectivity index (χ4v) is 11.7. The molecule has 7 heterocycles. The summed E-state index contributed by atoms with van der Waals surface area (Å²) >= 11 is 0. The van der Waals surface area contributed by atoms with Crippen LogP contribution >= 0.6 is 0 Å². The smallest absolute Gasteiger partial charge is 0.329 e. The van der Waals surface area contributed by atoms with Crippen LogP contribution in [-0.4, -0.2) is 127 Å². The van der Waals surface area contributed by atoms with Crippen LogP contribution in [-0.2, 0) is 34.5 Å². The number of ether oxygens (including phenoxy) is 3. The lowest BCUT2D eigenvalue weighted by Gasteiger charge is -2.40. The fraction of sp³-hybridized carbons (Fsp3) is 0.436. The zero-order chi connectivity index (χ0) is 51.1. The number of anilines is 1. The van der Waals surface area contributed by atoms with Crippen molar-refractivity contribution in [3.05, 3.63) is 105 Å². The molecule has 18 nitrogen and oxygen atoms in total. The molecule has 0 radical (unpaired) electrons. The lowest BCUT2D eigenvalue weighted by molar-refractivity contribution is -0.135. The molecule has 3 aromatic heterocycles. The molecule has 19 heteroatoms. The molecule has 4 aliphatic heterocycles. The van der Waals surface area contributed by atoms with Crippen molar-refractivity contribution in [2.24, 2.45) is 7.05 Å². The molecule has 1 aliphatic carbocycles. The number of imidazole rings is 1. The van der Waals surface area contributed by atoms with E-state index in [0.29, 0.717) is 76.7 Å². The number of hydrogen-bond acceptors (Lipinski definition) is 13. The van der Waals surface area contributed by atoms with E-state index in [9.17, 15) is 19.2 Å². The van der Waals surface area contributed by atoms with E-state index < -0.39 is 11.9 Å². The van der Waals surface area contributed by atoms with Gasteiger partial charge in [0.1, 0.15) is 36.4 Å². The number of halogens is 1. The van der Waals surface area contributed by atoms with Gasteiger partial charge < -0.3 is 29.3 Å². The van der Waals surface area contributed by atoms with Crippen LogP contribution in [0.5, 0.6) is 11.8 Å². The van der Waals surface area contributed by atoms with Crippen LogP contribution in [0.4, 0.5) is 10.2 Å². The standard InChI is InChI=1S/C55H60FN11O7/c1-29-24-64(25-33-8-13-43-45(18-33)63(4)55(71)67(43)44-14-15-46(68)59-52(44)69)16-17-65(29)53(70)35-9-6-32(7-10-35)28-73-50-48(47-31(3)41(56)21-42-40(47)23-58-62-42)38(34-11-12-34)20-39-49(50)60-54(74-27-30(2)72-5)61-51(39)66-26-36-19-37(66)22-57-36/h6-10,13,18,20-21,23,29-30,34,36-37,44,57H,11-12,14-17,19,22,24-28H2,1-5H3,(H,58,62)(H,59,68,69)/t29-,30?,36-,37-,44?/m0/s1. The van der Waals surface area contributed by atoms with Gasteiger partial charge in [-0.1, -0.05) is 18.2 Å². The Kier molecular flexibility index (Phi) is 12.2. The molecule has 3 N–H and O–H groups in total. The molecule has 0 spiro atoms. The van der Waals surface area contributed by atoms with Gasteiger partial charge >= 0.3 is 11.7 Å². The van der Waals surface area contributed by atoms with Crippen LogP contribution in [0, 0.1) is 12.7 Å². The SMILES string of the molecule is COC(C)COc1nc(N2C[C@@H]3C[C@H]2CN3)c2cc(C3CC3)c(-c3c(C)c(F)cc4[nH]ncc34)c(OCc3ccc(C(=O)N4CCN(Cc5ccc6c(c5)n(C)c(=O)n6C5CCC(=O)NC5=O)C[C@@H]4C)cc3)c2n1. The molecule has 12 rings (SSSR count). The zero-order valence-electron chi connectivity index (χ0n) is 42.2. The number of benzene rings is 4. The first kappa shape index (κ1) is 47.8. The number of H-pyrrole nitrogens is 1. The van der Waals surface area contributed by atoms with Gasteiger partial charge in [0.15, 0.2) is 5.75 Å². The normalized spacial score (nSPS) is 21.6. The van der Waals surface area contributed by atoms with E-state index in [1.54, 1.807) is 31.8 Å². The molecule has 7 aromatic rings. The number of aromatic amines is 1. The summed E-state index contributed by atoms with van der Waals surface area (Å²) in [6.45, 7) is 10.3. The number of hydrogen-bond donors (Lipinski definition) is 3. The number of carbonyl (C=O) groups excluding carboxylic acids is 3. The van der Waals surface area contributed by atoms with Crippen molar-refractivity contribution in [3.8, 4) is 22.9 Å². The second-order valence-corrected chi connectivity index (χ2v) is 20.9. The van der Waals surface area contributed by atoms with Gasteiger partial charge in [0, 0.05) is 105 Å². The Bertz CT molecular complexity index is 3460. The van der Waals surface area contributed by atoms with Gasteiger partial charge in [-0.25, -0.2) is 9.18 Å². The van der Waals surface area contributed by atoms with Gasteiger partial charge in [0.2, 0.25) is 11.8 Å². The largest absolute Gasteiger partial charge is 0.486 e. The minimum absolute atomic E-state index is 0.0580. The number of aromatic nitrogens is 6. The first-order valence-electron chi connectivity index (χ1n) is 25.8. The van der Waals surface area contributed by atoms with Crippen molar-refractivity contribution in [1.82, 2.24) is 49.7 Å². The van der Waals surface area contributed by atoms with Gasteiger partial charge in [0.25, 0.3) is 5.91 Å². The second-order valence-electron chi connectivity index (χ2n) is 20.9. The summed E-state index contributed by atoms with van der Waals surface area (Å²) in [6, 6.07) is 17.1. The van der Waals surface area contributed by atoms with Gasteiger partial charge in [-0.05, 0) is 111 Å². The van der Waals surface area contributed by atoms with Crippen LogP contribution in [0.1, 0.15) is 90.5 Å². The molecule has 5 fully saturated rings. The fourth-order valence-electron chi connectivity index (χ4n) is 11.7. The highest BCUT2D eigenvalue weighted by molar-refractivity contribution is 6.06. The number of piperazine rings is 2. The molecule has 1 saturated carbocycles. The molecule has 3 amide bonds. The quantitative estimate of drug-likeness (QED) is 0.107. The number of methoxy groups -OCH3 is 1. The number of nitrogens with zero attached hydrogens (tertiary/aromatic N) is 8. The van der Waals surface area contributed by atoms with Gasteiger partial charge in [0.05, 0.1) is 28.9 Å². The number of rotatable bonds is 14. The predicted molar refractivity (Wildman–Crippen MR) is 276 cm³/mol. The van der Waals surface area contributed by atoms with Crippen molar-refractivity contribution in [2.45, 2.75) is 102 Å². The molecular weight excluding hydrogens is 946 g/mol. The van der Waals surface area contributed by atoms with Gasteiger partial charge in [-0.3, -0.25) is 38.8 Å². The van der Waals surface area contributed by atoms with E-state index >= 15 is 4.39 Å². The monoisotopic (exact) mass is 1010 g/mol. The van der Waals surface area contributed by atoms with E-state index in [-0.39, 0.29) is 79.5 Å². The van der Waals surface area contributed by atoms with Crippen LogP contribution in [0.15, 0.2) is 65.6 Å². The van der Waals surface area contributed by atoms with Crippen molar-refractivity contribution in [2.75, 3.05) is 51.3 Å². The minimum Gasteiger partial charge on any atom is -0.486 e. The Morgan fingerprint density at radius 1 is 0.932 bits per heavy atom. The Morgan fingerprint density at radius 3 is 2.47 bits per heavy atom. The van der Waals surface area contributed by atoms with E-state index in [2.05, 4.69) is 43.6 Å². The average molecular weight is 1010 g/mol. The van der Waals surface area contributed by atoms with E-state index in [0.717, 1.165) is 71.2 Å². The summed E-state index contributed by atoms with van der Waals surface area (Å²) < 4.78 is 38.0. The topological polar surface area (TPSA) is 194 Å². The first-order chi connectivity index (χ1) is 35.8. The minimum atomic E-state index is -0.746. The number of piperidine rings is 1. The highest BCUT2D eigenvalue weighted by Gasteiger charge is 2.41. The van der Waals surface area contributed by atoms with E-state index in [1.165, 1.54) is 10.6 Å². The Hall–Kier alpha value is -7.22.